The van der Waals surface area contributed by atoms with Crippen molar-refractivity contribution in [3.63, 3.8) is 0 Å². The van der Waals surface area contributed by atoms with Crippen LogP contribution in [0.5, 0.6) is 0 Å². The summed E-state index contributed by atoms with van der Waals surface area (Å²) in [4.78, 5) is 0. The fraction of sp³-hybridized carbons (Fsp3) is 0.750. The zero-order valence-electron chi connectivity index (χ0n) is 12.0. The number of halogens is 1. The summed E-state index contributed by atoms with van der Waals surface area (Å²) in [6.45, 7) is 3.37. The van der Waals surface area contributed by atoms with E-state index in [0.717, 1.165) is 12.5 Å². The van der Waals surface area contributed by atoms with E-state index in [1.54, 1.807) is 0 Å². The Morgan fingerprint density at radius 1 is 1.26 bits per heavy atom. The summed E-state index contributed by atoms with van der Waals surface area (Å²) in [6.07, 6.45) is 11.2. The Labute approximate surface area is 130 Å². The molecule has 1 aliphatic rings. The molecule has 1 nitrogen and oxygen atoms in total. The molecular formula is C16H26BrNS. The topological polar surface area (TPSA) is 12.0 Å². The monoisotopic (exact) mass is 343 g/mol. The minimum Gasteiger partial charge on any atom is -0.310 e. The first-order valence-corrected chi connectivity index (χ1v) is 9.49. The molecule has 1 aliphatic carbocycles. The molecule has 0 bridgehead atoms. The molecule has 108 valence electrons. The maximum atomic E-state index is 3.76. The third-order valence-electron chi connectivity index (χ3n) is 4.20. The maximum absolute atomic E-state index is 3.76. The van der Waals surface area contributed by atoms with Crippen molar-refractivity contribution in [2.24, 2.45) is 5.92 Å². The lowest BCUT2D eigenvalue weighted by Gasteiger charge is -2.24. The van der Waals surface area contributed by atoms with Crippen LogP contribution in [0.25, 0.3) is 0 Å². The van der Waals surface area contributed by atoms with E-state index >= 15 is 0 Å². The Morgan fingerprint density at radius 2 is 2.00 bits per heavy atom. The van der Waals surface area contributed by atoms with Gasteiger partial charge in [-0.15, -0.1) is 0 Å². The standard InChI is InChI=1S/C16H26BrNS/c1-2-9-18-16(14-11-19-12-15(14)17)10-13-7-5-3-4-6-8-13/h11-13,16,18H,2-10H2,1H3. The molecule has 0 aliphatic heterocycles. The zero-order valence-corrected chi connectivity index (χ0v) is 14.4. The second-order valence-corrected chi connectivity index (χ2v) is 7.37. The van der Waals surface area contributed by atoms with E-state index in [-0.39, 0.29) is 0 Å². The Morgan fingerprint density at radius 3 is 2.58 bits per heavy atom. The first-order chi connectivity index (χ1) is 9.31. The number of rotatable bonds is 6. The maximum Gasteiger partial charge on any atom is 0.0342 e. The van der Waals surface area contributed by atoms with E-state index in [2.05, 4.69) is 38.9 Å². The summed E-state index contributed by atoms with van der Waals surface area (Å²) in [5.41, 5.74) is 1.47. The van der Waals surface area contributed by atoms with E-state index in [0.29, 0.717) is 6.04 Å². The second-order valence-electron chi connectivity index (χ2n) is 5.78. The van der Waals surface area contributed by atoms with Crippen LogP contribution in [-0.4, -0.2) is 6.54 Å². The van der Waals surface area contributed by atoms with Gasteiger partial charge in [0, 0.05) is 15.9 Å². The first-order valence-electron chi connectivity index (χ1n) is 7.76. The summed E-state index contributed by atoms with van der Waals surface area (Å²) in [5.74, 6) is 0.920. The van der Waals surface area contributed by atoms with Crippen molar-refractivity contribution in [3.05, 3.63) is 20.8 Å². The van der Waals surface area contributed by atoms with Gasteiger partial charge in [-0.2, -0.15) is 11.3 Å². The zero-order chi connectivity index (χ0) is 13.5. The number of hydrogen-bond donors (Lipinski definition) is 1. The van der Waals surface area contributed by atoms with Crippen molar-refractivity contribution in [1.29, 1.82) is 0 Å². The molecular weight excluding hydrogens is 318 g/mol. The quantitative estimate of drug-likeness (QED) is 0.632. The van der Waals surface area contributed by atoms with Gasteiger partial charge in [0.1, 0.15) is 0 Å². The summed E-state index contributed by atoms with van der Waals surface area (Å²) < 4.78 is 1.29. The number of thiophene rings is 1. The minimum atomic E-state index is 0.545. The van der Waals surface area contributed by atoms with Gasteiger partial charge in [-0.3, -0.25) is 0 Å². The molecule has 3 heteroatoms. The van der Waals surface area contributed by atoms with Crippen LogP contribution >= 0.6 is 27.3 Å². The largest absolute Gasteiger partial charge is 0.310 e. The molecule has 0 saturated heterocycles. The Bertz CT molecular complexity index is 355. The minimum absolute atomic E-state index is 0.545. The third kappa shape index (κ3) is 4.87. The number of hydrogen-bond acceptors (Lipinski definition) is 2. The summed E-state index contributed by atoms with van der Waals surface area (Å²) >= 11 is 5.52. The first kappa shape index (κ1) is 15.5. The molecule has 19 heavy (non-hydrogen) atoms. The summed E-state index contributed by atoms with van der Waals surface area (Å²) in [6, 6.07) is 0.545. The van der Waals surface area contributed by atoms with Crippen molar-refractivity contribution in [3.8, 4) is 0 Å². The van der Waals surface area contributed by atoms with Crippen molar-refractivity contribution >= 4 is 27.3 Å². The van der Waals surface area contributed by atoms with Crippen molar-refractivity contribution in [2.75, 3.05) is 6.54 Å². The Kier molecular flexibility index (Phi) is 6.89. The van der Waals surface area contributed by atoms with Crippen LogP contribution in [0.4, 0.5) is 0 Å². The van der Waals surface area contributed by atoms with Crippen molar-refractivity contribution in [2.45, 2.75) is 64.3 Å². The number of nitrogens with one attached hydrogen (secondary N) is 1. The van der Waals surface area contributed by atoms with Crippen LogP contribution in [0, 0.1) is 5.92 Å². The van der Waals surface area contributed by atoms with Gasteiger partial charge >= 0.3 is 0 Å². The summed E-state index contributed by atoms with van der Waals surface area (Å²) in [5, 5.41) is 8.28. The molecule has 2 rings (SSSR count). The van der Waals surface area contributed by atoms with E-state index in [1.165, 1.54) is 61.4 Å². The highest BCUT2D eigenvalue weighted by Crippen LogP contribution is 2.35. The van der Waals surface area contributed by atoms with Crippen LogP contribution in [0.1, 0.15) is 69.9 Å². The van der Waals surface area contributed by atoms with Gasteiger partial charge in [0.15, 0.2) is 0 Å². The molecule has 1 aromatic heterocycles. The lowest BCUT2D eigenvalue weighted by atomic mass is 9.90. The third-order valence-corrected chi connectivity index (χ3v) is 5.95. The van der Waals surface area contributed by atoms with E-state index < -0.39 is 0 Å². The van der Waals surface area contributed by atoms with E-state index in [1.807, 2.05) is 11.3 Å². The molecule has 0 spiro atoms. The molecule has 1 heterocycles. The van der Waals surface area contributed by atoms with Gasteiger partial charge in [0.25, 0.3) is 0 Å². The molecule has 1 saturated carbocycles. The van der Waals surface area contributed by atoms with Crippen LogP contribution in [0.3, 0.4) is 0 Å². The normalized spacial score (nSPS) is 19.3. The Balaban J connectivity index is 1.98. The molecule has 1 fully saturated rings. The van der Waals surface area contributed by atoms with Gasteiger partial charge in [0.05, 0.1) is 0 Å². The predicted molar refractivity (Wildman–Crippen MR) is 88.9 cm³/mol. The summed E-state index contributed by atoms with van der Waals surface area (Å²) in [7, 11) is 0. The lowest BCUT2D eigenvalue weighted by Crippen LogP contribution is -2.24. The molecule has 1 aromatic rings. The second kappa shape index (κ2) is 8.43. The predicted octanol–water partition coefficient (Wildman–Crippen LogP) is 5.91. The van der Waals surface area contributed by atoms with Gasteiger partial charge in [0.2, 0.25) is 0 Å². The molecule has 1 N–H and O–H groups in total. The smallest absolute Gasteiger partial charge is 0.0342 e. The van der Waals surface area contributed by atoms with Crippen LogP contribution in [0.2, 0.25) is 0 Å². The molecule has 0 radical (unpaired) electrons. The lowest BCUT2D eigenvalue weighted by molar-refractivity contribution is 0.356. The Hall–Kier alpha value is 0.140. The molecule has 1 unspecified atom stereocenters. The van der Waals surface area contributed by atoms with E-state index in [9.17, 15) is 0 Å². The van der Waals surface area contributed by atoms with Gasteiger partial charge in [-0.1, -0.05) is 45.4 Å². The highest BCUT2D eigenvalue weighted by Gasteiger charge is 2.21. The average Bonchev–Trinajstić information content (AvgIpc) is 2.68. The van der Waals surface area contributed by atoms with Gasteiger partial charge in [-0.05, 0) is 52.2 Å². The highest BCUT2D eigenvalue weighted by atomic mass is 79.9. The SMILES string of the molecule is CCCNC(CC1CCCCCC1)c1cscc1Br. The average molecular weight is 344 g/mol. The van der Waals surface area contributed by atoms with Crippen molar-refractivity contribution in [1.82, 2.24) is 5.32 Å². The highest BCUT2D eigenvalue weighted by molar-refractivity contribution is 9.10. The van der Waals surface area contributed by atoms with Crippen LogP contribution in [-0.2, 0) is 0 Å². The fourth-order valence-electron chi connectivity index (χ4n) is 3.11. The molecule has 1 atom stereocenters. The van der Waals surface area contributed by atoms with E-state index in [4.69, 9.17) is 0 Å². The molecule has 0 aromatic carbocycles. The fourth-order valence-corrected chi connectivity index (χ4v) is 4.74. The van der Waals surface area contributed by atoms with Gasteiger partial charge < -0.3 is 5.32 Å². The van der Waals surface area contributed by atoms with Crippen LogP contribution in [0.15, 0.2) is 15.2 Å². The van der Waals surface area contributed by atoms with Gasteiger partial charge in [-0.25, -0.2) is 0 Å². The van der Waals surface area contributed by atoms with Crippen molar-refractivity contribution < 1.29 is 0 Å². The van der Waals surface area contributed by atoms with Crippen LogP contribution < -0.4 is 5.32 Å². The molecule has 0 amide bonds.